The summed E-state index contributed by atoms with van der Waals surface area (Å²) in [5, 5.41) is 0. The zero-order valence-electron chi connectivity index (χ0n) is 24.3. The second-order valence-electron chi connectivity index (χ2n) is 11.6. The second-order valence-corrected chi connectivity index (χ2v) is 11.6. The van der Waals surface area contributed by atoms with Crippen LogP contribution in [0, 0.1) is 0 Å². The van der Waals surface area contributed by atoms with E-state index in [4.69, 9.17) is 0 Å². The lowest BCUT2D eigenvalue weighted by Gasteiger charge is -2.41. The quantitative estimate of drug-likeness (QED) is 0.236. The number of hydrogen-bond acceptors (Lipinski definition) is 4. The van der Waals surface area contributed by atoms with Crippen LogP contribution in [0.25, 0.3) is 0 Å². The van der Waals surface area contributed by atoms with Gasteiger partial charge in [0.05, 0.1) is 12.1 Å². The topological polar surface area (TPSA) is 13.0 Å². The molecule has 0 saturated carbocycles. The van der Waals surface area contributed by atoms with Gasteiger partial charge in [0.2, 0.25) is 0 Å². The van der Waals surface area contributed by atoms with Crippen molar-refractivity contribution in [3.63, 3.8) is 0 Å². The maximum atomic E-state index is 2.68. The lowest BCUT2D eigenvalue weighted by atomic mass is 9.96. The fraction of sp³-hybridized carbons (Fsp3) is 0.351. The second kappa shape index (κ2) is 14.1. The molecular weight excluding hydrogens is 500 g/mol. The van der Waals surface area contributed by atoms with E-state index in [-0.39, 0.29) is 0 Å². The number of benzene rings is 4. The van der Waals surface area contributed by atoms with E-state index in [9.17, 15) is 0 Å². The van der Waals surface area contributed by atoms with Gasteiger partial charge in [-0.15, -0.1) is 0 Å². The molecule has 4 nitrogen and oxygen atoms in total. The lowest BCUT2D eigenvalue weighted by Crippen LogP contribution is -2.49. The van der Waals surface area contributed by atoms with Gasteiger partial charge in [-0.1, -0.05) is 121 Å². The third-order valence-corrected chi connectivity index (χ3v) is 8.95. The molecule has 0 radical (unpaired) electrons. The molecule has 2 aliphatic heterocycles. The Morgan fingerprint density at radius 1 is 0.366 bits per heavy atom. The minimum atomic E-state index is 0.339. The molecule has 2 aliphatic rings. The average molecular weight is 545 g/mol. The summed E-state index contributed by atoms with van der Waals surface area (Å²) in [5.74, 6) is 0. The molecule has 0 aliphatic carbocycles. The molecule has 4 aromatic carbocycles. The van der Waals surface area contributed by atoms with Crippen molar-refractivity contribution in [2.75, 3.05) is 65.4 Å². The third-order valence-electron chi connectivity index (χ3n) is 8.95. The molecule has 0 amide bonds. The summed E-state index contributed by atoms with van der Waals surface area (Å²) < 4.78 is 0. The molecule has 0 aromatic heterocycles. The van der Waals surface area contributed by atoms with E-state index in [1.807, 2.05) is 0 Å². The van der Waals surface area contributed by atoms with E-state index in [1.165, 1.54) is 41.8 Å². The Morgan fingerprint density at radius 2 is 0.634 bits per heavy atom. The SMILES string of the molecule is c1ccc(C(c2ccccc2)N2CCN(CCCN3CCN(C(c4ccccc4)c4ccccc4)CC3)CC2)cc1. The molecule has 4 aromatic rings. The molecule has 0 N–H and O–H groups in total. The number of rotatable bonds is 10. The summed E-state index contributed by atoms with van der Waals surface area (Å²) in [6, 6.07) is 44.8. The minimum Gasteiger partial charge on any atom is -0.301 e. The van der Waals surface area contributed by atoms with Crippen LogP contribution in [0.5, 0.6) is 0 Å². The predicted molar refractivity (Wildman–Crippen MR) is 170 cm³/mol. The van der Waals surface area contributed by atoms with Crippen LogP contribution in [0.15, 0.2) is 121 Å². The van der Waals surface area contributed by atoms with Gasteiger partial charge in [0.15, 0.2) is 0 Å². The highest BCUT2D eigenvalue weighted by molar-refractivity contribution is 5.33. The van der Waals surface area contributed by atoms with Crippen LogP contribution in [0.4, 0.5) is 0 Å². The maximum absolute atomic E-state index is 2.68. The highest BCUT2D eigenvalue weighted by Crippen LogP contribution is 2.31. The summed E-state index contributed by atoms with van der Waals surface area (Å²) in [6.45, 7) is 11.5. The standard InChI is InChI=1S/C37H44N4/c1-5-14-32(15-6-1)36(33-16-7-2-8-17-33)40-28-24-38(25-29-40)22-13-23-39-26-30-41(31-27-39)37(34-18-9-3-10-19-34)35-20-11-4-12-21-35/h1-12,14-21,36-37H,13,22-31H2. The first kappa shape index (κ1) is 27.9. The first-order valence-electron chi connectivity index (χ1n) is 15.5. The number of piperazine rings is 2. The fourth-order valence-corrected chi connectivity index (χ4v) is 6.78. The molecule has 0 bridgehead atoms. The van der Waals surface area contributed by atoms with Gasteiger partial charge in [0.1, 0.15) is 0 Å². The van der Waals surface area contributed by atoms with Crippen LogP contribution < -0.4 is 0 Å². The van der Waals surface area contributed by atoms with Gasteiger partial charge in [0.25, 0.3) is 0 Å². The largest absolute Gasteiger partial charge is 0.301 e. The molecule has 0 spiro atoms. The first-order valence-corrected chi connectivity index (χ1v) is 15.5. The van der Waals surface area contributed by atoms with Crippen molar-refractivity contribution >= 4 is 0 Å². The third kappa shape index (κ3) is 7.14. The van der Waals surface area contributed by atoms with Crippen LogP contribution in [0.3, 0.4) is 0 Å². The van der Waals surface area contributed by atoms with Crippen molar-refractivity contribution in [2.45, 2.75) is 18.5 Å². The van der Waals surface area contributed by atoms with Crippen molar-refractivity contribution in [3.8, 4) is 0 Å². The van der Waals surface area contributed by atoms with E-state index in [0.29, 0.717) is 12.1 Å². The van der Waals surface area contributed by atoms with Crippen molar-refractivity contribution in [1.82, 2.24) is 19.6 Å². The van der Waals surface area contributed by atoms with Crippen LogP contribution in [-0.2, 0) is 0 Å². The average Bonchev–Trinajstić information content (AvgIpc) is 3.05. The predicted octanol–water partition coefficient (Wildman–Crippen LogP) is 6.19. The Bertz CT molecular complexity index is 1100. The van der Waals surface area contributed by atoms with Gasteiger partial charge in [-0.05, 0) is 41.8 Å². The normalized spacial score (nSPS) is 17.8. The summed E-state index contributed by atoms with van der Waals surface area (Å²) in [6.07, 6.45) is 1.25. The van der Waals surface area contributed by atoms with E-state index >= 15 is 0 Å². The van der Waals surface area contributed by atoms with E-state index in [1.54, 1.807) is 0 Å². The Morgan fingerprint density at radius 3 is 0.902 bits per heavy atom. The van der Waals surface area contributed by atoms with Crippen molar-refractivity contribution in [2.24, 2.45) is 0 Å². The molecule has 0 unspecified atom stereocenters. The molecular formula is C37H44N4. The summed E-state index contributed by atoms with van der Waals surface area (Å²) in [5.41, 5.74) is 5.59. The molecule has 212 valence electrons. The Balaban J connectivity index is 0.976. The summed E-state index contributed by atoms with van der Waals surface area (Å²) >= 11 is 0. The van der Waals surface area contributed by atoms with Gasteiger partial charge < -0.3 is 9.80 Å². The van der Waals surface area contributed by atoms with Crippen molar-refractivity contribution in [1.29, 1.82) is 0 Å². The molecule has 0 atom stereocenters. The van der Waals surface area contributed by atoms with Gasteiger partial charge >= 0.3 is 0 Å². The zero-order chi connectivity index (χ0) is 27.7. The van der Waals surface area contributed by atoms with Crippen LogP contribution in [-0.4, -0.2) is 85.0 Å². The van der Waals surface area contributed by atoms with Gasteiger partial charge in [0, 0.05) is 52.4 Å². The Kier molecular flexibility index (Phi) is 9.56. The lowest BCUT2D eigenvalue weighted by molar-refractivity contribution is 0.0908. The first-order chi connectivity index (χ1) is 20.3. The monoisotopic (exact) mass is 544 g/mol. The van der Waals surface area contributed by atoms with Crippen molar-refractivity contribution < 1.29 is 0 Å². The van der Waals surface area contributed by atoms with Crippen LogP contribution in [0.1, 0.15) is 40.8 Å². The summed E-state index contributed by atoms with van der Waals surface area (Å²) in [4.78, 5) is 10.7. The molecule has 4 heteroatoms. The fourth-order valence-electron chi connectivity index (χ4n) is 6.78. The zero-order valence-corrected chi connectivity index (χ0v) is 24.3. The van der Waals surface area contributed by atoms with Gasteiger partial charge in [-0.3, -0.25) is 9.80 Å². The minimum absolute atomic E-state index is 0.339. The molecule has 2 saturated heterocycles. The van der Waals surface area contributed by atoms with Crippen LogP contribution in [0.2, 0.25) is 0 Å². The Hall–Kier alpha value is -3.28. The molecule has 2 heterocycles. The van der Waals surface area contributed by atoms with Gasteiger partial charge in [-0.25, -0.2) is 0 Å². The highest BCUT2D eigenvalue weighted by Gasteiger charge is 2.28. The Labute approximate surface area is 246 Å². The summed E-state index contributed by atoms with van der Waals surface area (Å²) in [7, 11) is 0. The molecule has 41 heavy (non-hydrogen) atoms. The van der Waals surface area contributed by atoms with Gasteiger partial charge in [-0.2, -0.15) is 0 Å². The number of nitrogens with zero attached hydrogens (tertiary/aromatic N) is 4. The van der Waals surface area contributed by atoms with E-state index in [0.717, 1.165) is 52.4 Å². The molecule has 2 fully saturated rings. The maximum Gasteiger partial charge on any atom is 0.0602 e. The smallest absolute Gasteiger partial charge is 0.0602 e. The highest BCUT2D eigenvalue weighted by atomic mass is 15.3. The molecule has 6 rings (SSSR count). The number of hydrogen-bond donors (Lipinski definition) is 0. The van der Waals surface area contributed by atoms with E-state index in [2.05, 4.69) is 141 Å². The van der Waals surface area contributed by atoms with E-state index < -0.39 is 0 Å². The van der Waals surface area contributed by atoms with Crippen LogP contribution >= 0.6 is 0 Å². The van der Waals surface area contributed by atoms with Crippen molar-refractivity contribution in [3.05, 3.63) is 144 Å².